The van der Waals surface area contributed by atoms with Crippen molar-refractivity contribution in [1.29, 1.82) is 0 Å². The van der Waals surface area contributed by atoms with Crippen molar-refractivity contribution in [3.8, 4) is 10.4 Å². The summed E-state index contributed by atoms with van der Waals surface area (Å²) in [5, 5.41) is 6.46. The molecule has 2 heterocycles. The van der Waals surface area contributed by atoms with Crippen LogP contribution in [0.25, 0.3) is 10.4 Å². The van der Waals surface area contributed by atoms with Crippen LogP contribution >= 0.6 is 11.3 Å². The molecule has 1 saturated heterocycles. The number of carbonyl (C=O) groups is 3. The summed E-state index contributed by atoms with van der Waals surface area (Å²) in [4.78, 5) is 41.3. The maximum absolute atomic E-state index is 13.5. The molecule has 7 heteroatoms. The van der Waals surface area contributed by atoms with Crippen molar-refractivity contribution in [3.63, 3.8) is 0 Å². The van der Waals surface area contributed by atoms with Crippen molar-refractivity contribution < 1.29 is 14.4 Å². The van der Waals surface area contributed by atoms with Gasteiger partial charge in [-0.1, -0.05) is 48.5 Å². The number of amides is 3. The molecule has 0 radical (unpaired) electrons. The van der Waals surface area contributed by atoms with E-state index in [4.69, 9.17) is 0 Å². The highest BCUT2D eigenvalue weighted by molar-refractivity contribution is 7.20. The Balaban J connectivity index is 1.44. The second-order valence-electron chi connectivity index (χ2n) is 8.75. The number of carbonyl (C=O) groups excluding carboxylic acids is 3. The van der Waals surface area contributed by atoms with Crippen molar-refractivity contribution in [2.24, 2.45) is 0 Å². The molecule has 1 aromatic heterocycles. The van der Waals surface area contributed by atoms with E-state index in [0.717, 1.165) is 48.4 Å². The minimum absolute atomic E-state index is 0.00828. The molecule has 0 saturated carbocycles. The van der Waals surface area contributed by atoms with Crippen molar-refractivity contribution in [3.05, 3.63) is 77.4 Å². The average Bonchev–Trinajstić information content (AvgIpc) is 3.22. The third kappa shape index (κ3) is 6.17. The first kappa shape index (κ1) is 24.7. The van der Waals surface area contributed by atoms with Gasteiger partial charge in [-0.25, -0.2) is 0 Å². The van der Waals surface area contributed by atoms with Gasteiger partial charge in [-0.2, -0.15) is 0 Å². The van der Waals surface area contributed by atoms with Crippen LogP contribution in [0.1, 0.15) is 58.4 Å². The molecule has 0 spiro atoms. The summed E-state index contributed by atoms with van der Waals surface area (Å²) in [6.45, 7) is 3.87. The maximum Gasteiger partial charge on any atom is 0.257 e. The highest BCUT2D eigenvalue weighted by Crippen LogP contribution is 2.40. The number of nitrogens with zero attached hydrogens (tertiary/aromatic N) is 1. The van der Waals surface area contributed by atoms with Gasteiger partial charge in [0.15, 0.2) is 0 Å². The zero-order valence-electron chi connectivity index (χ0n) is 20.0. The van der Waals surface area contributed by atoms with Crippen LogP contribution < -0.4 is 10.6 Å². The minimum atomic E-state index is -0.160. The number of nitrogens with one attached hydrogen (secondary N) is 2. The fraction of sp³-hybridized carbons (Fsp3) is 0.321. The van der Waals surface area contributed by atoms with Crippen LogP contribution in [-0.2, 0) is 4.79 Å². The fourth-order valence-corrected chi connectivity index (χ4v) is 5.53. The van der Waals surface area contributed by atoms with Gasteiger partial charge in [0.25, 0.3) is 11.8 Å². The summed E-state index contributed by atoms with van der Waals surface area (Å²) in [5.41, 5.74) is 3.14. The number of piperidine rings is 1. The summed E-state index contributed by atoms with van der Waals surface area (Å²) in [6, 6.07) is 19.0. The van der Waals surface area contributed by atoms with Gasteiger partial charge >= 0.3 is 0 Å². The molecule has 0 unspecified atom stereocenters. The van der Waals surface area contributed by atoms with E-state index in [-0.39, 0.29) is 24.1 Å². The number of likely N-dealkylation sites (tertiary alicyclic amines) is 1. The lowest BCUT2D eigenvalue weighted by Crippen LogP contribution is -2.36. The first-order valence-corrected chi connectivity index (χ1v) is 13.0. The van der Waals surface area contributed by atoms with Gasteiger partial charge in [-0.3, -0.25) is 14.4 Å². The molecule has 6 nitrogen and oxygen atoms in total. The molecule has 182 valence electrons. The molecular formula is C28H31N3O3S. The maximum atomic E-state index is 13.5. The zero-order valence-corrected chi connectivity index (χ0v) is 20.8. The Kier molecular flexibility index (Phi) is 8.32. The summed E-state index contributed by atoms with van der Waals surface area (Å²) < 4.78 is 0. The first-order chi connectivity index (χ1) is 17.0. The second-order valence-corrected chi connectivity index (χ2v) is 9.77. The van der Waals surface area contributed by atoms with Crippen molar-refractivity contribution in [1.82, 2.24) is 10.2 Å². The Labute approximate surface area is 210 Å². The van der Waals surface area contributed by atoms with Gasteiger partial charge in [0, 0.05) is 36.5 Å². The predicted molar refractivity (Wildman–Crippen MR) is 141 cm³/mol. The van der Waals surface area contributed by atoms with Gasteiger partial charge in [0.1, 0.15) is 5.00 Å². The van der Waals surface area contributed by atoms with Crippen LogP contribution in [0.3, 0.4) is 0 Å². The number of benzene rings is 2. The molecule has 0 bridgehead atoms. The van der Waals surface area contributed by atoms with E-state index in [1.165, 1.54) is 11.3 Å². The number of hydrogen-bond donors (Lipinski definition) is 2. The zero-order chi connectivity index (χ0) is 24.6. The number of hydrogen-bond acceptors (Lipinski definition) is 4. The van der Waals surface area contributed by atoms with E-state index in [0.29, 0.717) is 29.1 Å². The van der Waals surface area contributed by atoms with Crippen molar-refractivity contribution in [2.45, 2.75) is 39.0 Å². The number of rotatable bonds is 8. The van der Waals surface area contributed by atoms with E-state index >= 15 is 0 Å². The largest absolute Gasteiger partial charge is 0.352 e. The van der Waals surface area contributed by atoms with E-state index in [9.17, 15) is 14.4 Å². The molecule has 1 aliphatic rings. The third-order valence-corrected chi connectivity index (χ3v) is 7.45. The number of anilines is 1. The Morgan fingerprint density at radius 1 is 0.914 bits per heavy atom. The van der Waals surface area contributed by atoms with Crippen LogP contribution in [0.2, 0.25) is 0 Å². The van der Waals surface area contributed by atoms with E-state index < -0.39 is 0 Å². The van der Waals surface area contributed by atoms with Crippen LogP contribution in [0.15, 0.2) is 60.7 Å². The molecule has 1 aliphatic heterocycles. The van der Waals surface area contributed by atoms with Gasteiger partial charge in [-0.05, 0) is 55.9 Å². The van der Waals surface area contributed by atoms with Gasteiger partial charge in [0.2, 0.25) is 5.91 Å². The molecule has 2 N–H and O–H groups in total. The van der Waals surface area contributed by atoms with E-state index in [2.05, 4.69) is 10.6 Å². The second kappa shape index (κ2) is 11.8. The highest BCUT2D eigenvalue weighted by Gasteiger charge is 2.27. The summed E-state index contributed by atoms with van der Waals surface area (Å²) >= 11 is 1.45. The van der Waals surface area contributed by atoms with E-state index in [1.807, 2.05) is 60.4 Å². The number of thiophene rings is 1. The van der Waals surface area contributed by atoms with Crippen LogP contribution in [0, 0.1) is 6.92 Å². The minimum Gasteiger partial charge on any atom is -0.352 e. The normalized spacial score (nSPS) is 13.3. The SMILES string of the molecule is Cc1c(-c2ccccc2)sc(NC(=O)CCCNC(=O)c2ccccc2)c1C(=O)N1CCCCC1. The van der Waals surface area contributed by atoms with Crippen LogP contribution in [0.5, 0.6) is 0 Å². The topological polar surface area (TPSA) is 78.5 Å². The Bertz CT molecular complexity index is 1170. The molecule has 0 aliphatic carbocycles. The summed E-state index contributed by atoms with van der Waals surface area (Å²) in [7, 11) is 0. The lowest BCUT2D eigenvalue weighted by molar-refractivity contribution is -0.116. The Morgan fingerprint density at radius 2 is 1.57 bits per heavy atom. The quantitative estimate of drug-likeness (QED) is 0.410. The highest BCUT2D eigenvalue weighted by atomic mass is 32.1. The molecule has 4 rings (SSSR count). The third-order valence-electron chi connectivity index (χ3n) is 6.19. The molecule has 3 amide bonds. The molecule has 2 aromatic carbocycles. The Morgan fingerprint density at radius 3 is 2.26 bits per heavy atom. The van der Waals surface area contributed by atoms with Gasteiger partial charge < -0.3 is 15.5 Å². The summed E-state index contributed by atoms with van der Waals surface area (Å²) in [5.74, 6) is -0.319. The van der Waals surface area contributed by atoms with Gasteiger partial charge in [0.05, 0.1) is 5.56 Å². The van der Waals surface area contributed by atoms with E-state index in [1.54, 1.807) is 12.1 Å². The monoisotopic (exact) mass is 489 g/mol. The van der Waals surface area contributed by atoms with Crippen LogP contribution in [-0.4, -0.2) is 42.3 Å². The van der Waals surface area contributed by atoms with Crippen molar-refractivity contribution in [2.75, 3.05) is 25.0 Å². The summed E-state index contributed by atoms with van der Waals surface area (Å²) in [6.07, 6.45) is 3.93. The fourth-order valence-electron chi connectivity index (χ4n) is 4.31. The van der Waals surface area contributed by atoms with Crippen molar-refractivity contribution >= 4 is 34.1 Å². The molecule has 35 heavy (non-hydrogen) atoms. The van der Waals surface area contributed by atoms with Crippen LogP contribution in [0.4, 0.5) is 5.00 Å². The molecular weight excluding hydrogens is 458 g/mol. The lowest BCUT2D eigenvalue weighted by atomic mass is 10.0. The smallest absolute Gasteiger partial charge is 0.257 e. The standard InChI is InChI=1S/C28H31N3O3S/c1-20-24(28(34)31-18-9-4-10-19-31)27(35-25(20)21-12-5-2-6-13-21)30-23(32)16-11-17-29-26(33)22-14-7-3-8-15-22/h2-3,5-8,12-15H,4,9-11,16-19H2,1H3,(H,29,33)(H,30,32). The lowest BCUT2D eigenvalue weighted by Gasteiger charge is -2.27. The first-order valence-electron chi connectivity index (χ1n) is 12.2. The molecule has 3 aromatic rings. The predicted octanol–water partition coefficient (Wildman–Crippen LogP) is 5.50. The molecule has 1 fully saturated rings. The Hall–Kier alpha value is -3.45. The average molecular weight is 490 g/mol. The molecule has 0 atom stereocenters. The van der Waals surface area contributed by atoms with Gasteiger partial charge in [-0.15, -0.1) is 11.3 Å².